The van der Waals surface area contributed by atoms with Crippen LogP contribution < -0.4 is 5.73 Å². The highest BCUT2D eigenvalue weighted by Gasteiger charge is 2.34. The number of fused-ring (bicyclic) bond motifs is 1. The smallest absolute Gasteiger partial charge is 0.169 e. The standard InChI is InChI=1S/C11H18N4O2S/c12-9-5-3-6-10-13-11(14-15(9)10)8-4-1-2-7-18(8,16)17/h8-9H,1-7,12H2. The molecule has 7 heteroatoms. The first-order valence-electron chi connectivity index (χ1n) is 6.50. The summed E-state index contributed by atoms with van der Waals surface area (Å²) in [5, 5.41) is 3.84. The molecule has 0 saturated carbocycles. The zero-order valence-electron chi connectivity index (χ0n) is 10.2. The van der Waals surface area contributed by atoms with Gasteiger partial charge in [0.25, 0.3) is 0 Å². The number of hydrogen-bond acceptors (Lipinski definition) is 5. The molecular weight excluding hydrogens is 252 g/mol. The first-order valence-corrected chi connectivity index (χ1v) is 8.22. The summed E-state index contributed by atoms with van der Waals surface area (Å²) in [5.74, 6) is 1.56. The molecule has 1 aromatic heterocycles. The van der Waals surface area contributed by atoms with Crippen molar-refractivity contribution in [2.45, 2.75) is 49.9 Å². The van der Waals surface area contributed by atoms with Crippen LogP contribution in [0.4, 0.5) is 0 Å². The minimum atomic E-state index is -3.07. The highest BCUT2D eigenvalue weighted by molar-refractivity contribution is 7.91. The number of aromatic nitrogens is 3. The second-order valence-corrected chi connectivity index (χ2v) is 7.44. The molecule has 0 spiro atoms. The molecule has 2 aliphatic heterocycles. The molecule has 1 aromatic rings. The summed E-state index contributed by atoms with van der Waals surface area (Å²) in [6.45, 7) is 0. The first-order chi connectivity index (χ1) is 8.58. The van der Waals surface area contributed by atoms with Gasteiger partial charge in [0.15, 0.2) is 15.7 Å². The SMILES string of the molecule is NC1CCCc2nc(C3CCCCS3(=O)=O)nn21. The Labute approximate surface area is 106 Å². The average Bonchev–Trinajstić information content (AvgIpc) is 2.73. The van der Waals surface area contributed by atoms with Gasteiger partial charge in [-0.2, -0.15) is 5.10 Å². The Bertz CT molecular complexity index is 551. The van der Waals surface area contributed by atoms with Crippen LogP contribution in [0.15, 0.2) is 0 Å². The topological polar surface area (TPSA) is 90.9 Å². The fraction of sp³-hybridized carbons (Fsp3) is 0.818. The third-order valence-corrected chi connectivity index (χ3v) is 5.97. The molecule has 3 heterocycles. The third-order valence-electron chi connectivity index (χ3n) is 3.80. The average molecular weight is 270 g/mol. The van der Waals surface area contributed by atoms with Crippen molar-refractivity contribution in [2.75, 3.05) is 5.75 Å². The van der Waals surface area contributed by atoms with Gasteiger partial charge in [-0.1, -0.05) is 6.42 Å². The molecule has 2 atom stereocenters. The Morgan fingerprint density at radius 1 is 1.22 bits per heavy atom. The van der Waals surface area contributed by atoms with Crippen LogP contribution in [0.5, 0.6) is 0 Å². The Morgan fingerprint density at radius 3 is 2.78 bits per heavy atom. The van der Waals surface area contributed by atoms with Crippen LogP contribution >= 0.6 is 0 Å². The van der Waals surface area contributed by atoms with Crippen LogP contribution in [-0.4, -0.2) is 28.9 Å². The molecule has 2 unspecified atom stereocenters. The molecule has 1 fully saturated rings. The summed E-state index contributed by atoms with van der Waals surface area (Å²) in [6.07, 6.45) is 4.89. The van der Waals surface area contributed by atoms with E-state index in [1.54, 1.807) is 4.68 Å². The van der Waals surface area contributed by atoms with E-state index in [9.17, 15) is 8.42 Å². The van der Waals surface area contributed by atoms with Crippen molar-refractivity contribution in [3.8, 4) is 0 Å². The minimum absolute atomic E-state index is 0.152. The van der Waals surface area contributed by atoms with E-state index < -0.39 is 15.1 Å². The van der Waals surface area contributed by atoms with Crippen LogP contribution in [0.1, 0.15) is 55.2 Å². The number of rotatable bonds is 1. The molecule has 0 aliphatic carbocycles. The van der Waals surface area contributed by atoms with Gasteiger partial charge >= 0.3 is 0 Å². The van der Waals surface area contributed by atoms with Crippen LogP contribution in [0.25, 0.3) is 0 Å². The number of sulfone groups is 1. The van der Waals surface area contributed by atoms with E-state index in [1.165, 1.54) is 0 Å². The van der Waals surface area contributed by atoms with Crippen LogP contribution in [-0.2, 0) is 16.3 Å². The van der Waals surface area contributed by atoms with E-state index in [4.69, 9.17) is 5.73 Å². The zero-order valence-corrected chi connectivity index (χ0v) is 11.1. The van der Waals surface area contributed by atoms with Gasteiger partial charge in [0.05, 0.1) is 5.75 Å². The Hall–Kier alpha value is -0.950. The van der Waals surface area contributed by atoms with E-state index >= 15 is 0 Å². The summed E-state index contributed by atoms with van der Waals surface area (Å²) >= 11 is 0. The highest BCUT2D eigenvalue weighted by Crippen LogP contribution is 2.32. The molecule has 2 N–H and O–H groups in total. The lowest BCUT2D eigenvalue weighted by atomic mass is 10.1. The molecule has 0 bridgehead atoms. The number of nitrogens with zero attached hydrogens (tertiary/aromatic N) is 3. The Balaban J connectivity index is 1.97. The van der Waals surface area contributed by atoms with E-state index in [0.29, 0.717) is 12.2 Å². The lowest BCUT2D eigenvalue weighted by Crippen LogP contribution is -2.26. The Morgan fingerprint density at radius 2 is 2.06 bits per heavy atom. The van der Waals surface area contributed by atoms with Gasteiger partial charge in [-0.05, 0) is 25.7 Å². The summed E-state index contributed by atoms with van der Waals surface area (Å²) in [5.41, 5.74) is 5.97. The Kier molecular flexibility index (Phi) is 2.90. The summed E-state index contributed by atoms with van der Waals surface area (Å²) < 4.78 is 25.8. The predicted molar refractivity (Wildman–Crippen MR) is 66.6 cm³/mol. The largest absolute Gasteiger partial charge is 0.310 e. The molecule has 0 amide bonds. The highest BCUT2D eigenvalue weighted by atomic mass is 32.2. The zero-order chi connectivity index (χ0) is 12.8. The van der Waals surface area contributed by atoms with Crippen molar-refractivity contribution in [2.24, 2.45) is 5.73 Å². The van der Waals surface area contributed by atoms with Gasteiger partial charge in [0, 0.05) is 6.42 Å². The van der Waals surface area contributed by atoms with Crippen molar-refractivity contribution in [3.63, 3.8) is 0 Å². The van der Waals surface area contributed by atoms with Crippen LogP contribution in [0.2, 0.25) is 0 Å². The van der Waals surface area contributed by atoms with Gasteiger partial charge in [-0.3, -0.25) is 0 Å². The van der Waals surface area contributed by atoms with Crippen molar-refractivity contribution < 1.29 is 8.42 Å². The van der Waals surface area contributed by atoms with Crippen LogP contribution in [0.3, 0.4) is 0 Å². The maximum Gasteiger partial charge on any atom is 0.169 e. The van der Waals surface area contributed by atoms with E-state index in [2.05, 4.69) is 10.1 Å². The van der Waals surface area contributed by atoms with Gasteiger partial charge in [0.2, 0.25) is 0 Å². The molecular formula is C11H18N4O2S. The second-order valence-electron chi connectivity index (χ2n) is 5.14. The van der Waals surface area contributed by atoms with E-state index in [1.807, 2.05) is 0 Å². The van der Waals surface area contributed by atoms with Gasteiger partial charge in [-0.25, -0.2) is 18.1 Å². The third kappa shape index (κ3) is 1.95. The number of hydrogen-bond donors (Lipinski definition) is 1. The second kappa shape index (κ2) is 4.31. The van der Waals surface area contributed by atoms with E-state index in [0.717, 1.165) is 37.9 Å². The fourth-order valence-electron chi connectivity index (χ4n) is 2.78. The predicted octanol–water partition coefficient (Wildman–Crippen LogP) is 0.711. The molecule has 1 saturated heterocycles. The van der Waals surface area contributed by atoms with Crippen molar-refractivity contribution in [1.29, 1.82) is 0 Å². The normalized spacial score (nSPS) is 30.9. The van der Waals surface area contributed by atoms with Crippen molar-refractivity contribution in [3.05, 3.63) is 11.6 Å². The number of nitrogens with two attached hydrogens (primary N) is 1. The molecule has 0 aromatic carbocycles. The molecule has 100 valence electrons. The molecule has 3 rings (SSSR count). The van der Waals surface area contributed by atoms with Crippen LogP contribution in [0, 0.1) is 0 Å². The van der Waals surface area contributed by atoms with Gasteiger partial charge in [-0.15, -0.1) is 0 Å². The summed E-state index contributed by atoms with van der Waals surface area (Å²) in [6, 6.07) is 0. The molecule has 18 heavy (non-hydrogen) atoms. The van der Waals surface area contributed by atoms with Gasteiger partial charge < -0.3 is 5.73 Å². The lowest BCUT2D eigenvalue weighted by molar-refractivity contribution is 0.370. The lowest BCUT2D eigenvalue weighted by Gasteiger charge is -2.20. The number of aryl methyl sites for hydroxylation is 1. The van der Waals surface area contributed by atoms with Gasteiger partial charge in [0.1, 0.15) is 17.2 Å². The monoisotopic (exact) mass is 270 g/mol. The maximum atomic E-state index is 12.1. The fourth-order valence-corrected chi connectivity index (χ4v) is 4.62. The van der Waals surface area contributed by atoms with Crippen molar-refractivity contribution >= 4 is 9.84 Å². The van der Waals surface area contributed by atoms with E-state index in [-0.39, 0.29) is 11.9 Å². The molecule has 6 nitrogen and oxygen atoms in total. The molecule has 2 aliphatic rings. The molecule has 0 radical (unpaired) electrons. The quantitative estimate of drug-likeness (QED) is 0.811. The maximum absolute atomic E-state index is 12.1. The van der Waals surface area contributed by atoms with Crippen molar-refractivity contribution in [1.82, 2.24) is 14.8 Å². The summed E-state index contributed by atoms with van der Waals surface area (Å²) in [7, 11) is -3.07. The summed E-state index contributed by atoms with van der Waals surface area (Å²) in [4.78, 5) is 4.41. The minimum Gasteiger partial charge on any atom is -0.310 e. The first kappa shape index (κ1) is 12.1.